The van der Waals surface area contributed by atoms with Gasteiger partial charge in [0, 0.05) is 56.6 Å². The molecule has 0 radical (unpaired) electrons. The van der Waals surface area contributed by atoms with Gasteiger partial charge in [0.2, 0.25) is 5.91 Å². The molecule has 1 aliphatic rings. The zero-order chi connectivity index (χ0) is 26.2. The van der Waals surface area contributed by atoms with Crippen LogP contribution in [0.4, 0.5) is 23.2 Å². The largest absolute Gasteiger partial charge is 0.416 e. The quantitative estimate of drug-likeness (QED) is 0.325. The molecule has 0 N–H and O–H groups in total. The third kappa shape index (κ3) is 5.30. The van der Waals surface area contributed by atoms with Crippen LogP contribution in [-0.2, 0) is 11.0 Å². The number of anilines is 1. The van der Waals surface area contributed by atoms with Crippen LogP contribution in [0.3, 0.4) is 0 Å². The Kier molecular flexibility index (Phi) is 6.62. The number of hydrogen-bond donors (Lipinski definition) is 0. The van der Waals surface area contributed by atoms with E-state index in [1.54, 1.807) is 29.3 Å². The molecule has 2 aromatic heterocycles. The van der Waals surface area contributed by atoms with Gasteiger partial charge in [-0.25, -0.2) is 9.37 Å². The molecule has 1 unspecified atom stereocenters. The zero-order valence-electron chi connectivity index (χ0n) is 20.3. The van der Waals surface area contributed by atoms with Gasteiger partial charge in [0.15, 0.2) is 0 Å². The van der Waals surface area contributed by atoms with Crippen LogP contribution in [0.5, 0.6) is 0 Å². The Bertz CT molecular complexity index is 1420. The highest BCUT2D eigenvalue weighted by Gasteiger charge is 2.32. The molecule has 37 heavy (non-hydrogen) atoms. The maximum absolute atomic E-state index is 14.1. The molecule has 1 saturated heterocycles. The van der Waals surface area contributed by atoms with E-state index in [4.69, 9.17) is 0 Å². The van der Waals surface area contributed by atoms with Crippen LogP contribution in [0.25, 0.3) is 5.65 Å². The molecule has 5 rings (SSSR count). The fourth-order valence-corrected chi connectivity index (χ4v) is 4.87. The summed E-state index contributed by atoms with van der Waals surface area (Å²) in [7, 11) is 0. The van der Waals surface area contributed by atoms with Crippen LogP contribution in [0.15, 0.2) is 73.1 Å². The van der Waals surface area contributed by atoms with Crippen LogP contribution < -0.4 is 4.90 Å². The highest BCUT2D eigenvalue weighted by atomic mass is 19.4. The number of pyridine rings is 1. The van der Waals surface area contributed by atoms with E-state index in [0.717, 1.165) is 29.0 Å². The van der Waals surface area contributed by atoms with Gasteiger partial charge in [0.1, 0.15) is 11.5 Å². The molecule has 1 aliphatic heterocycles. The first-order valence-electron chi connectivity index (χ1n) is 12.1. The van der Waals surface area contributed by atoms with Crippen molar-refractivity contribution < 1.29 is 22.4 Å². The van der Waals surface area contributed by atoms with Crippen LogP contribution in [0.2, 0.25) is 0 Å². The Balaban J connectivity index is 1.34. The lowest BCUT2D eigenvalue weighted by atomic mass is 9.92. The second-order valence-electron chi connectivity index (χ2n) is 9.34. The number of amides is 1. The minimum Gasteiger partial charge on any atom is -0.368 e. The second kappa shape index (κ2) is 9.88. The second-order valence-corrected chi connectivity index (χ2v) is 9.34. The molecule has 9 heteroatoms. The number of imidazole rings is 1. The minimum absolute atomic E-state index is 0.0972. The molecular formula is C28H26F4N4O. The Hall–Kier alpha value is -3.88. The van der Waals surface area contributed by atoms with Gasteiger partial charge in [-0.15, -0.1) is 0 Å². The molecule has 0 saturated carbocycles. The molecule has 0 aliphatic carbocycles. The number of hydrogen-bond acceptors (Lipinski definition) is 3. The van der Waals surface area contributed by atoms with Gasteiger partial charge in [-0.3, -0.25) is 4.79 Å². The van der Waals surface area contributed by atoms with Crippen molar-refractivity contribution in [3.05, 3.63) is 101 Å². The molecule has 4 aromatic rings. The first-order valence-corrected chi connectivity index (χ1v) is 12.1. The predicted octanol–water partition coefficient (Wildman–Crippen LogP) is 5.67. The van der Waals surface area contributed by atoms with E-state index in [1.165, 1.54) is 18.2 Å². The summed E-state index contributed by atoms with van der Waals surface area (Å²) in [6.07, 6.45) is -0.661. The molecule has 1 atom stereocenters. The van der Waals surface area contributed by atoms with E-state index in [9.17, 15) is 22.4 Å². The molecule has 1 fully saturated rings. The Labute approximate surface area is 212 Å². The highest BCUT2D eigenvalue weighted by Crippen LogP contribution is 2.33. The maximum Gasteiger partial charge on any atom is 0.416 e. The average Bonchev–Trinajstić information content (AvgIpc) is 3.29. The van der Waals surface area contributed by atoms with E-state index >= 15 is 0 Å². The summed E-state index contributed by atoms with van der Waals surface area (Å²) < 4.78 is 55.4. The molecule has 0 spiro atoms. The van der Waals surface area contributed by atoms with Gasteiger partial charge in [-0.1, -0.05) is 18.2 Å². The smallest absolute Gasteiger partial charge is 0.368 e. The summed E-state index contributed by atoms with van der Waals surface area (Å²) >= 11 is 0. The van der Waals surface area contributed by atoms with Gasteiger partial charge in [-0.05, 0) is 60.5 Å². The van der Waals surface area contributed by atoms with E-state index < -0.39 is 17.7 Å². The number of aryl methyl sites for hydroxylation is 1. The third-order valence-electron chi connectivity index (χ3n) is 6.86. The van der Waals surface area contributed by atoms with E-state index in [0.29, 0.717) is 37.4 Å². The van der Waals surface area contributed by atoms with Crippen LogP contribution >= 0.6 is 0 Å². The lowest BCUT2D eigenvalue weighted by molar-refractivity contribution is -0.137. The minimum atomic E-state index is -4.41. The number of aromatic nitrogens is 2. The average molecular weight is 511 g/mol. The number of alkyl halides is 3. The van der Waals surface area contributed by atoms with Gasteiger partial charge in [0.05, 0.1) is 11.3 Å². The summed E-state index contributed by atoms with van der Waals surface area (Å²) in [5, 5.41) is 0. The number of carbonyl (C=O) groups excluding carboxylic acids is 1. The number of halogens is 4. The highest BCUT2D eigenvalue weighted by molar-refractivity contribution is 5.78. The van der Waals surface area contributed by atoms with Gasteiger partial charge < -0.3 is 14.2 Å². The first-order chi connectivity index (χ1) is 17.7. The number of fused-ring (bicyclic) bond motifs is 1. The summed E-state index contributed by atoms with van der Waals surface area (Å²) in [5.41, 5.74) is 3.07. The van der Waals surface area contributed by atoms with Crippen molar-refractivity contribution in [1.29, 1.82) is 0 Å². The van der Waals surface area contributed by atoms with Crippen LogP contribution in [0.1, 0.15) is 34.7 Å². The van der Waals surface area contributed by atoms with Crippen LogP contribution in [0, 0.1) is 12.7 Å². The van der Waals surface area contributed by atoms with Crippen molar-refractivity contribution in [1.82, 2.24) is 14.3 Å². The van der Waals surface area contributed by atoms with Gasteiger partial charge >= 0.3 is 6.18 Å². The summed E-state index contributed by atoms with van der Waals surface area (Å²) in [5.74, 6) is -0.892. The standard InChI is InChI=1S/C28H26F4N4O/c1-19-8-9-36-25(18-33-26(36)14-19)24(20-4-2-6-22(29)15-20)17-27(37)35-12-10-34(11-13-35)23-7-3-5-21(16-23)28(30,31)32/h2-9,14-16,18,24H,10-13,17H2,1H3. The van der Waals surface area contributed by atoms with Gasteiger partial charge in [-0.2, -0.15) is 13.2 Å². The normalized spacial score (nSPS) is 15.3. The lowest BCUT2D eigenvalue weighted by Gasteiger charge is -2.37. The van der Waals surface area contributed by atoms with E-state index in [2.05, 4.69) is 4.98 Å². The van der Waals surface area contributed by atoms with Crippen molar-refractivity contribution in [2.24, 2.45) is 0 Å². The summed E-state index contributed by atoms with van der Waals surface area (Å²) in [6, 6.07) is 15.4. The predicted molar refractivity (Wildman–Crippen MR) is 133 cm³/mol. The lowest BCUT2D eigenvalue weighted by Crippen LogP contribution is -2.49. The Morgan fingerprint density at radius 3 is 2.49 bits per heavy atom. The molecule has 0 bridgehead atoms. The summed E-state index contributed by atoms with van der Waals surface area (Å²) in [4.78, 5) is 21.5. The van der Waals surface area contributed by atoms with E-state index in [-0.39, 0.29) is 18.1 Å². The van der Waals surface area contributed by atoms with E-state index in [1.807, 2.05) is 34.6 Å². The van der Waals surface area contributed by atoms with Gasteiger partial charge in [0.25, 0.3) is 0 Å². The molecule has 2 aromatic carbocycles. The number of piperazine rings is 1. The first kappa shape index (κ1) is 24.8. The van der Waals surface area contributed by atoms with Crippen LogP contribution in [-0.4, -0.2) is 46.4 Å². The SMILES string of the molecule is Cc1ccn2c(C(CC(=O)N3CCN(c4cccc(C(F)(F)F)c4)CC3)c3cccc(F)c3)cnc2c1. The third-order valence-corrected chi connectivity index (χ3v) is 6.86. The molecule has 1 amide bonds. The van der Waals surface area contributed by atoms with Crippen molar-refractivity contribution in [3.63, 3.8) is 0 Å². The van der Waals surface area contributed by atoms with Crippen molar-refractivity contribution in [2.45, 2.75) is 25.4 Å². The Morgan fingerprint density at radius 2 is 1.76 bits per heavy atom. The molecule has 192 valence electrons. The zero-order valence-corrected chi connectivity index (χ0v) is 20.3. The number of benzene rings is 2. The number of nitrogens with zero attached hydrogens (tertiary/aromatic N) is 4. The van der Waals surface area contributed by atoms with Crippen molar-refractivity contribution >= 4 is 17.2 Å². The topological polar surface area (TPSA) is 40.9 Å². The number of carbonyl (C=O) groups is 1. The van der Waals surface area contributed by atoms with Crippen molar-refractivity contribution in [3.8, 4) is 0 Å². The maximum atomic E-state index is 14.1. The molecule has 5 nitrogen and oxygen atoms in total. The Morgan fingerprint density at radius 1 is 1.00 bits per heavy atom. The molecular weight excluding hydrogens is 484 g/mol. The fourth-order valence-electron chi connectivity index (χ4n) is 4.87. The monoisotopic (exact) mass is 510 g/mol. The molecule has 3 heterocycles. The fraction of sp³-hybridized carbons (Fsp3) is 0.286. The van der Waals surface area contributed by atoms with Crippen molar-refractivity contribution in [2.75, 3.05) is 31.1 Å². The number of rotatable bonds is 5. The summed E-state index contributed by atoms with van der Waals surface area (Å²) in [6.45, 7) is 3.59.